The maximum absolute atomic E-state index is 13.2. The standard InChI is InChI=1S/C25H17F6N5O2/c1-38-21-5-4-14(9-20(21)36-23-33-8-6-19(35-23)15-3-2-7-32-13-15)22(37)34-18-11-16(24(26,27)28)10-17(12-18)25(29,30)31/h2-13H,1H3,(H,34,37)(H,33,35,36). The number of anilines is 3. The van der Waals surface area contributed by atoms with Crippen molar-refractivity contribution in [3.63, 3.8) is 0 Å². The van der Waals surface area contributed by atoms with Gasteiger partial charge in [0.15, 0.2) is 0 Å². The van der Waals surface area contributed by atoms with Gasteiger partial charge in [-0.2, -0.15) is 26.3 Å². The monoisotopic (exact) mass is 533 g/mol. The Kier molecular flexibility index (Phi) is 7.19. The fourth-order valence-corrected chi connectivity index (χ4v) is 3.39. The van der Waals surface area contributed by atoms with Crippen LogP contribution in [0.2, 0.25) is 0 Å². The molecule has 2 heterocycles. The van der Waals surface area contributed by atoms with Gasteiger partial charge in [-0.3, -0.25) is 9.78 Å². The van der Waals surface area contributed by atoms with Crippen LogP contribution in [-0.2, 0) is 12.4 Å². The number of halogens is 6. The summed E-state index contributed by atoms with van der Waals surface area (Å²) in [6.45, 7) is 0. The number of hydrogen-bond acceptors (Lipinski definition) is 6. The van der Waals surface area contributed by atoms with E-state index in [1.54, 1.807) is 30.6 Å². The highest BCUT2D eigenvalue weighted by Crippen LogP contribution is 2.38. The van der Waals surface area contributed by atoms with Crippen LogP contribution < -0.4 is 15.4 Å². The van der Waals surface area contributed by atoms with Crippen LogP contribution in [0.3, 0.4) is 0 Å². The van der Waals surface area contributed by atoms with Gasteiger partial charge in [-0.15, -0.1) is 0 Å². The molecule has 0 atom stereocenters. The summed E-state index contributed by atoms with van der Waals surface area (Å²) >= 11 is 0. The number of pyridine rings is 1. The minimum Gasteiger partial charge on any atom is -0.495 e. The molecule has 0 spiro atoms. The Balaban J connectivity index is 1.62. The van der Waals surface area contributed by atoms with Gasteiger partial charge < -0.3 is 15.4 Å². The molecule has 4 rings (SSSR count). The molecule has 0 bridgehead atoms. The van der Waals surface area contributed by atoms with Gasteiger partial charge in [0.1, 0.15) is 5.75 Å². The predicted octanol–water partition coefficient (Wildman–Crippen LogP) is 6.58. The van der Waals surface area contributed by atoms with E-state index >= 15 is 0 Å². The smallest absolute Gasteiger partial charge is 0.416 e. The van der Waals surface area contributed by atoms with Gasteiger partial charge in [-0.1, -0.05) is 0 Å². The maximum Gasteiger partial charge on any atom is 0.416 e. The number of carbonyl (C=O) groups is 1. The molecule has 4 aromatic rings. The highest BCUT2D eigenvalue weighted by Gasteiger charge is 2.37. The lowest BCUT2D eigenvalue weighted by Gasteiger charge is -2.15. The zero-order chi connectivity index (χ0) is 27.5. The van der Waals surface area contributed by atoms with E-state index in [1.165, 1.54) is 31.5 Å². The van der Waals surface area contributed by atoms with E-state index in [2.05, 4.69) is 25.6 Å². The molecule has 0 aliphatic carbocycles. The van der Waals surface area contributed by atoms with Crippen LogP contribution in [0.25, 0.3) is 11.3 Å². The van der Waals surface area contributed by atoms with E-state index in [1.807, 2.05) is 0 Å². The number of benzene rings is 2. The normalized spacial score (nSPS) is 11.7. The second-order valence-corrected chi connectivity index (χ2v) is 7.80. The van der Waals surface area contributed by atoms with E-state index in [0.717, 1.165) is 5.56 Å². The van der Waals surface area contributed by atoms with E-state index in [9.17, 15) is 31.1 Å². The Bertz CT molecular complexity index is 1430. The molecule has 0 saturated carbocycles. The third kappa shape index (κ3) is 6.17. The van der Waals surface area contributed by atoms with Crippen LogP contribution in [0.15, 0.2) is 73.2 Å². The number of amides is 1. The number of nitrogens with zero attached hydrogens (tertiary/aromatic N) is 3. The first-order chi connectivity index (χ1) is 17.9. The summed E-state index contributed by atoms with van der Waals surface area (Å²) in [5, 5.41) is 5.00. The van der Waals surface area contributed by atoms with Gasteiger partial charge in [0, 0.05) is 35.4 Å². The number of alkyl halides is 6. The molecule has 38 heavy (non-hydrogen) atoms. The van der Waals surface area contributed by atoms with Crippen LogP contribution in [0, 0.1) is 0 Å². The van der Waals surface area contributed by atoms with Crippen molar-refractivity contribution in [2.24, 2.45) is 0 Å². The van der Waals surface area contributed by atoms with Crippen LogP contribution in [0.1, 0.15) is 21.5 Å². The molecule has 196 valence electrons. The first-order valence-electron chi connectivity index (χ1n) is 10.7. The summed E-state index contributed by atoms with van der Waals surface area (Å²) in [5.74, 6) is -0.543. The zero-order valence-corrected chi connectivity index (χ0v) is 19.4. The van der Waals surface area contributed by atoms with Crippen LogP contribution in [0.4, 0.5) is 43.7 Å². The van der Waals surface area contributed by atoms with E-state index in [-0.39, 0.29) is 29.0 Å². The van der Waals surface area contributed by atoms with Crippen molar-refractivity contribution >= 4 is 23.2 Å². The molecule has 0 aliphatic heterocycles. The minimum absolute atomic E-state index is 0.0231. The van der Waals surface area contributed by atoms with Crippen LogP contribution in [0.5, 0.6) is 5.75 Å². The molecule has 2 N–H and O–H groups in total. The average molecular weight is 533 g/mol. The maximum atomic E-state index is 13.2. The van der Waals surface area contributed by atoms with Gasteiger partial charge in [-0.05, 0) is 54.6 Å². The molecule has 1 amide bonds. The summed E-state index contributed by atoms with van der Waals surface area (Å²) in [7, 11) is 1.37. The van der Waals surface area contributed by atoms with Crippen molar-refractivity contribution in [2.75, 3.05) is 17.7 Å². The third-order valence-corrected chi connectivity index (χ3v) is 5.17. The second kappa shape index (κ2) is 10.4. The SMILES string of the molecule is COc1ccc(C(=O)Nc2cc(C(F)(F)F)cc(C(F)(F)F)c2)cc1Nc1nccc(-c2cccnc2)n1. The summed E-state index contributed by atoms with van der Waals surface area (Å²) in [6.07, 6.45) is -5.40. The number of methoxy groups -OCH3 is 1. The van der Waals surface area contributed by atoms with Crippen molar-refractivity contribution in [3.05, 3.63) is 89.9 Å². The molecule has 7 nitrogen and oxygen atoms in total. The minimum atomic E-state index is -5.05. The summed E-state index contributed by atoms with van der Waals surface area (Å²) in [6, 6.07) is 10.0. The fourth-order valence-electron chi connectivity index (χ4n) is 3.39. The number of ether oxygens (including phenoxy) is 1. The highest BCUT2D eigenvalue weighted by molar-refractivity contribution is 6.05. The Morgan fingerprint density at radius 2 is 1.61 bits per heavy atom. The van der Waals surface area contributed by atoms with Crippen molar-refractivity contribution < 1.29 is 35.9 Å². The molecule has 0 unspecified atom stereocenters. The molecule has 13 heteroatoms. The Morgan fingerprint density at radius 1 is 0.895 bits per heavy atom. The molecular weight excluding hydrogens is 516 g/mol. The Labute approximate surface area is 211 Å². The topological polar surface area (TPSA) is 89.0 Å². The summed E-state index contributed by atoms with van der Waals surface area (Å²) in [5.41, 5.74) is -2.36. The summed E-state index contributed by atoms with van der Waals surface area (Å²) in [4.78, 5) is 25.4. The molecule has 0 radical (unpaired) electrons. The highest BCUT2D eigenvalue weighted by atomic mass is 19.4. The fraction of sp³-hybridized carbons (Fsp3) is 0.120. The van der Waals surface area contributed by atoms with Crippen LogP contribution >= 0.6 is 0 Å². The lowest BCUT2D eigenvalue weighted by atomic mass is 10.1. The molecule has 2 aromatic heterocycles. The quantitative estimate of drug-likeness (QED) is 0.272. The molecule has 0 saturated heterocycles. The predicted molar refractivity (Wildman–Crippen MR) is 126 cm³/mol. The number of nitrogens with one attached hydrogen (secondary N) is 2. The van der Waals surface area contributed by atoms with Gasteiger partial charge in [-0.25, -0.2) is 9.97 Å². The van der Waals surface area contributed by atoms with E-state index < -0.39 is 35.1 Å². The second-order valence-electron chi connectivity index (χ2n) is 7.80. The number of hydrogen-bond donors (Lipinski definition) is 2. The zero-order valence-electron chi connectivity index (χ0n) is 19.4. The first-order valence-corrected chi connectivity index (χ1v) is 10.7. The van der Waals surface area contributed by atoms with Gasteiger partial charge in [0.2, 0.25) is 5.95 Å². The van der Waals surface area contributed by atoms with E-state index in [0.29, 0.717) is 17.8 Å². The number of aromatic nitrogens is 3. The van der Waals surface area contributed by atoms with Gasteiger partial charge in [0.05, 0.1) is 29.6 Å². The number of carbonyl (C=O) groups excluding carboxylic acids is 1. The Hall–Kier alpha value is -4.68. The van der Waals surface area contributed by atoms with Crippen molar-refractivity contribution in [1.29, 1.82) is 0 Å². The average Bonchev–Trinajstić information content (AvgIpc) is 2.88. The van der Waals surface area contributed by atoms with E-state index in [4.69, 9.17) is 4.74 Å². The lowest BCUT2D eigenvalue weighted by molar-refractivity contribution is -0.143. The first kappa shape index (κ1) is 26.4. The Morgan fingerprint density at radius 3 is 2.21 bits per heavy atom. The van der Waals surface area contributed by atoms with Crippen molar-refractivity contribution in [2.45, 2.75) is 12.4 Å². The lowest BCUT2D eigenvalue weighted by Crippen LogP contribution is -2.16. The molecule has 0 aliphatic rings. The van der Waals surface area contributed by atoms with Crippen molar-refractivity contribution in [1.82, 2.24) is 15.0 Å². The van der Waals surface area contributed by atoms with Gasteiger partial charge >= 0.3 is 12.4 Å². The largest absolute Gasteiger partial charge is 0.495 e. The van der Waals surface area contributed by atoms with Crippen LogP contribution in [-0.4, -0.2) is 28.0 Å². The van der Waals surface area contributed by atoms with Gasteiger partial charge in [0.25, 0.3) is 5.91 Å². The molecule has 2 aromatic carbocycles. The molecule has 0 fully saturated rings. The van der Waals surface area contributed by atoms with Crippen molar-refractivity contribution in [3.8, 4) is 17.0 Å². The summed E-state index contributed by atoms with van der Waals surface area (Å²) < 4.78 is 84.2. The number of rotatable bonds is 6. The third-order valence-electron chi connectivity index (χ3n) is 5.17. The molecular formula is C25H17F6N5O2.